The van der Waals surface area contributed by atoms with E-state index in [1.54, 1.807) is 30.3 Å². The van der Waals surface area contributed by atoms with Gasteiger partial charge in [-0.25, -0.2) is 12.8 Å². The van der Waals surface area contributed by atoms with Gasteiger partial charge in [0.05, 0.1) is 16.4 Å². The Hall–Kier alpha value is -1.60. The Balaban J connectivity index is 2.06. The highest BCUT2D eigenvalue weighted by Crippen LogP contribution is 2.19. The molecule has 7 heteroatoms. The average Bonchev–Trinajstić information content (AvgIpc) is 2.39. The molecule has 2 rings (SSSR count). The largest absolute Gasteiger partial charge is 0.381 e. The Bertz CT molecular complexity index is 750. The van der Waals surface area contributed by atoms with Crippen LogP contribution in [0.1, 0.15) is 5.56 Å². The molecule has 0 spiro atoms. The highest BCUT2D eigenvalue weighted by molar-refractivity contribution is 9.10. The van der Waals surface area contributed by atoms with Gasteiger partial charge in [-0.05, 0) is 51.8 Å². The third kappa shape index (κ3) is 5.02. The standard InChI is InChI=1S/C14H14BrFN2O2S/c1-21(19,20)18-12-4-2-3-11(8-12)17-9-10-5-6-14(16)13(15)7-10/h2-8,17-18H,9H2,1H3. The molecule has 0 aromatic heterocycles. The summed E-state index contributed by atoms with van der Waals surface area (Å²) in [5.41, 5.74) is 2.16. The van der Waals surface area contributed by atoms with Crippen molar-refractivity contribution in [1.82, 2.24) is 0 Å². The van der Waals surface area contributed by atoms with Gasteiger partial charge in [-0.3, -0.25) is 4.72 Å². The summed E-state index contributed by atoms with van der Waals surface area (Å²) in [6.07, 6.45) is 1.10. The summed E-state index contributed by atoms with van der Waals surface area (Å²) >= 11 is 3.14. The maximum Gasteiger partial charge on any atom is 0.229 e. The van der Waals surface area contributed by atoms with Crippen LogP contribution in [0, 0.1) is 5.82 Å². The minimum Gasteiger partial charge on any atom is -0.381 e. The lowest BCUT2D eigenvalue weighted by Gasteiger charge is -2.10. The van der Waals surface area contributed by atoms with Gasteiger partial charge in [-0.15, -0.1) is 0 Å². The Morgan fingerprint density at radius 3 is 2.52 bits per heavy atom. The summed E-state index contributed by atoms with van der Waals surface area (Å²) in [6, 6.07) is 11.7. The molecule has 0 unspecified atom stereocenters. The summed E-state index contributed by atoms with van der Waals surface area (Å²) in [6.45, 7) is 0.501. The van der Waals surface area contributed by atoms with Crippen LogP contribution in [-0.4, -0.2) is 14.7 Å². The number of benzene rings is 2. The van der Waals surface area contributed by atoms with E-state index in [1.807, 2.05) is 6.07 Å². The maximum atomic E-state index is 13.1. The Kier molecular flexibility index (Phi) is 4.84. The zero-order chi connectivity index (χ0) is 15.5. The predicted octanol–water partition coefficient (Wildman–Crippen LogP) is 3.57. The van der Waals surface area contributed by atoms with Crippen LogP contribution in [0.3, 0.4) is 0 Å². The molecule has 21 heavy (non-hydrogen) atoms. The quantitative estimate of drug-likeness (QED) is 0.843. The zero-order valence-electron chi connectivity index (χ0n) is 11.2. The summed E-state index contributed by atoms with van der Waals surface area (Å²) in [5.74, 6) is -0.307. The first-order valence-electron chi connectivity index (χ1n) is 6.09. The normalized spacial score (nSPS) is 11.2. The second-order valence-electron chi connectivity index (χ2n) is 4.56. The van der Waals surface area contributed by atoms with E-state index in [0.717, 1.165) is 17.5 Å². The first-order valence-corrected chi connectivity index (χ1v) is 8.77. The van der Waals surface area contributed by atoms with Crippen molar-refractivity contribution in [3.8, 4) is 0 Å². The molecule has 0 aliphatic heterocycles. The van der Waals surface area contributed by atoms with Crippen molar-refractivity contribution in [3.63, 3.8) is 0 Å². The molecule has 4 nitrogen and oxygen atoms in total. The fourth-order valence-corrected chi connectivity index (χ4v) is 2.74. The van der Waals surface area contributed by atoms with E-state index in [0.29, 0.717) is 16.7 Å². The molecule has 0 saturated heterocycles. The summed E-state index contributed by atoms with van der Waals surface area (Å²) in [7, 11) is -3.30. The van der Waals surface area contributed by atoms with Gasteiger partial charge in [-0.2, -0.15) is 0 Å². The highest BCUT2D eigenvalue weighted by atomic mass is 79.9. The molecule has 0 aliphatic carbocycles. The second-order valence-corrected chi connectivity index (χ2v) is 7.16. The zero-order valence-corrected chi connectivity index (χ0v) is 13.6. The Labute approximate surface area is 131 Å². The molecule has 112 valence electrons. The lowest BCUT2D eigenvalue weighted by atomic mass is 10.2. The van der Waals surface area contributed by atoms with Crippen molar-refractivity contribution in [2.24, 2.45) is 0 Å². The number of hydrogen-bond acceptors (Lipinski definition) is 3. The summed E-state index contributed by atoms with van der Waals surface area (Å²) in [4.78, 5) is 0. The molecule has 2 aromatic carbocycles. The van der Waals surface area contributed by atoms with Gasteiger partial charge in [0, 0.05) is 12.2 Å². The van der Waals surface area contributed by atoms with Crippen molar-refractivity contribution in [2.75, 3.05) is 16.3 Å². The molecule has 0 aliphatic rings. The van der Waals surface area contributed by atoms with E-state index < -0.39 is 10.0 Å². The second kappa shape index (κ2) is 6.44. The SMILES string of the molecule is CS(=O)(=O)Nc1cccc(NCc2ccc(F)c(Br)c2)c1. The number of rotatable bonds is 5. The molecule has 2 aromatic rings. The van der Waals surface area contributed by atoms with Gasteiger partial charge in [0.1, 0.15) is 5.82 Å². The smallest absolute Gasteiger partial charge is 0.229 e. The van der Waals surface area contributed by atoms with Crippen molar-refractivity contribution in [2.45, 2.75) is 6.54 Å². The van der Waals surface area contributed by atoms with E-state index >= 15 is 0 Å². The summed E-state index contributed by atoms with van der Waals surface area (Å²) in [5, 5.41) is 3.16. The number of sulfonamides is 1. The molecule has 0 amide bonds. The third-order valence-electron chi connectivity index (χ3n) is 2.65. The van der Waals surface area contributed by atoms with Crippen LogP contribution in [0.5, 0.6) is 0 Å². The minimum atomic E-state index is -3.30. The molecule has 0 bridgehead atoms. The Morgan fingerprint density at radius 2 is 1.86 bits per heavy atom. The molecular formula is C14H14BrFN2O2S. The molecule has 2 N–H and O–H groups in total. The van der Waals surface area contributed by atoms with Crippen LogP contribution >= 0.6 is 15.9 Å². The minimum absolute atomic E-state index is 0.307. The van der Waals surface area contributed by atoms with Crippen LogP contribution in [0.25, 0.3) is 0 Å². The van der Waals surface area contributed by atoms with Crippen LogP contribution in [-0.2, 0) is 16.6 Å². The van der Waals surface area contributed by atoms with Crippen molar-refractivity contribution in [1.29, 1.82) is 0 Å². The molecule has 0 saturated carbocycles. The van der Waals surface area contributed by atoms with Gasteiger partial charge < -0.3 is 5.32 Å². The Morgan fingerprint density at radius 1 is 1.14 bits per heavy atom. The molecule has 0 atom stereocenters. The first kappa shape index (κ1) is 15.8. The monoisotopic (exact) mass is 372 g/mol. The van der Waals surface area contributed by atoms with E-state index in [4.69, 9.17) is 0 Å². The molecule has 0 radical (unpaired) electrons. The lowest BCUT2D eigenvalue weighted by Crippen LogP contribution is -2.09. The van der Waals surface area contributed by atoms with Crippen LogP contribution < -0.4 is 10.0 Å². The third-order valence-corrected chi connectivity index (χ3v) is 3.86. The van der Waals surface area contributed by atoms with E-state index in [-0.39, 0.29) is 5.82 Å². The van der Waals surface area contributed by atoms with E-state index in [2.05, 4.69) is 26.0 Å². The fourth-order valence-electron chi connectivity index (χ4n) is 1.76. The fraction of sp³-hybridized carbons (Fsp3) is 0.143. The molecule has 0 fully saturated rings. The summed E-state index contributed by atoms with van der Waals surface area (Å²) < 4.78 is 38.3. The number of nitrogens with one attached hydrogen (secondary N) is 2. The van der Waals surface area contributed by atoms with Crippen LogP contribution in [0.4, 0.5) is 15.8 Å². The number of halogens is 2. The van der Waals surface area contributed by atoms with Gasteiger partial charge in [0.15, 0.2) is 0 Å². The van der Waals surface area contributed by atoms with Gasteiger partial charge in [-0.1, -0.05) is 12.1 Å². The van der Waals surface area contributed by atoms with Gasteiger partial charge >= 0.3 is 0 Å². The van der Waals surface area contributed by atoms with E-state index in [9.17, 15) is 12.8 Å². The van der Waals surface area contributed by atoms with Gasteiger partial charge in [0.2, 0.25) is 10.0 Å². The van der Waals surface area contributed by atoms with Gasteiger partial charge in [0.25, 0.3) is 0 Å². The first-order chi connectivity index (χ1) is 9.83. The van der Waals surface area contributed by atoms with E-state index in [1.165, 1.54) is 6.07 Å². The average molecular weight is 373 g/mol. The van der Waals surface area contributed by atoms with Crippen LogP contribution in [0.15, 0.2) is 46.9 Å². The van der Waals surface area contributed by atoms with Crippen LogP contribution in [0.2, 0.25) is 0 Å². The molecule has 0 heterocycles. The maximum absolute atomic E-state index is 13.1. The number of hydrogen-bond donors (Lipinski definition) is 2. The number of anilines is 2. The van der Waals surface area contributed by atoms with Crippen molar-refractivity contribution < 1.29 is 12.8 Å². The predicted molar refractivity (Wildman–Crippen MR) is 86.3 cm³/mol. The van der Waals surface area contributed by atoms with Crippen molar-refractivity contribution in [3.05, 3.63) is 58.3 Å². The van der Waals surface area contributed by atoms with Crippen molar-refractivity contribution >= 4 is 37.3 Å². The topological polar surface area (TPSA) is 58.2 Å². The highest BCUT2D eigenvalue weighted by Gasteiger charge is 2.03. The molecular weight excluding hydrogens is 359 g/mol. The lowest BCUT2D eigenvalue weighted by molar-refractivity contribution is 0.607.